The van der Waals surface area contributed by atoms with Crippen LogP contribution < -0.4 is 22.1 Å². The zero-order chi connectivity index (χ0) is 21.4. The van der Waals surface area contributed by atoms with Crippen molar-refractivity contribution in [3.63, 3.8) is 0 Å². The molecule has 4 aromatic rings. The molecule has 0 radical (unpaired) electrons. The Morgan fingerprint density at radius 3 is 2.17 bits per heavy atom. The number of hydrogen-bond acceptors (Lipinski definition) is 6. The highest BCUT2D eigenvalue weighted by atomic mass is 16.2. The summed E-state index contributed by atoms with van der Waals surface area (Å²) in [7, 11) is 2.81. The first-order valence-corrected chi connectivity index (χ1v) is 8.90. The number of hydrazine groups is 1. The number of aryl methyl sites for hydroxylation is 1. The molecule has 0 saturated heterocycles. The molecule has 0 saturated carbocycles. The van der Waals surface area contributed by atoms with Gasteiger partial charge in [0.15, 0.2) is 0 Å². The second kappa shape index (κ2) is 7.24. The maximum atomic E-state index is 12.4. The number of pyridine rings is 2. The molecular weight excluding hydrogens is 388 g/mol. The van der Waals surface area contributed by atoms with E-state index in [9.17, 15) is 19.2 Å². The Morgan fingerprint density at radius 2 is 1.43 bits per heavy atom. The molecule has 10 nitrogen and oxygen atoms in total. The first kappa shape index (κ1) is 19.0. The number of nitrogens with zero attached hydrogens (tertiary/aromatic N) is 4. The molecule has 0 bridgehead atoms. The van der Waals surface area contributed by atoms with Crippen molar-refractivity contribution >= 4 is 33.8 Å². The first-order valence-electron chi connectivity index (χ1n) is 8.90. The van der Waals surface area contributed by atoms with E-state index < -0.39 is 23.1 Å². The minimum atomic E-state index is -0.709. The van der Waals surface area contributed by atoms with Crippen LogP contribution in [0.4, 0.5) is 0 Å². The van der Waals surface area contributed by atoms with E-state index in [0.29, 0.717) is 5.52 Å². The van der Waals surface area contributed by atoms with Gasteiger partial charge in [-0.05, 0) is 24.3 Å². The first-order chi connectivity index (χ1) is 14.4. The van der Waals surface area contributed by atoms with Gasteiger partial charge in [-0.25, -0.2) is 14.8 Å². The van der Waals surface area contributed by atoms with E-state index in [1.165, 1.54) is 30.8 Å². The van der Waals surface area contributed by atoms with Crippen LogP contribution in [-0.4, -0.2) is 30.9 Å². The molecule has 0 aliphatic carbocycles. The Morgan fingerprint density at radius 1 is 0.800 bits per heavy atom. The number of para-hydroxylation sites is 1. The number of carbonyl (C=O) groups excluding carboxylic acids is 2. The fourth-order valence-electron chi connectivity index (χ4n) is 3.01. The summed E-state index contributed by atoms with van der Waals surface area (Å²) in [5.74, 6) is -1.31. The van der Waals surface area contributed by atoms with Crippen LogP contribution in [0.3, 0.4) is 0 Å². The molecule has 0 fully saturated rings. The second-order valence-corrected chi connectivity index (χ2v) is 6.57. The Bertz CT molecular complexity index is 1450. The van der Waals surface area contributed by atoms with Gasteiger partial charge in [0.25, 0.3) is 17.4 Å². The molecule has 0 spiro atoms. The summed E-state index contributed by atoms with van der Waals surface area (Å²) in [6.07, 6.45) is 0. The van der Waals surface area contributed by atoms with E-state index in [2.05, 4.69) is 20.8 Å². The van der Waals surface area contributed by atoms with Crippen LogP contribution >= 0.6 is 0 Å². The molecule has 0 aliphatic heterocycles. The third-order valence-electron chi connectivity index (χ3n) is 4.65. The maximum Gasteiger partial charge on any atom is 0.332 e. The zero-order valence-electron chi connectivity index (χ0n) is 16.0. The average Bonchev–Trinajstić information content (AvgIpc) is 2.78. The van der Waals surface area contributed by atoms with E-state index in [4.69, 9.17) is 0 Å². The second-order valence-electron chi connectivity index (χ2n) is 6.57. The fraction of sp³-hybridized carbons (Fsp3) is 0.100. The SMILES string of the molecule is Cn1c(=O)c2ccc(C(=O)NNC(=O)c3ccc4ccccc4n3)nc2n(C)c1=O. The molecule has 0 aliphatic rings. The summed E-state index contributed by atoms with van der Waals surface area (Å²) in [6.45, 7) is 0. The highest BCUT2D eigenvalue weighted by molar-refractivity contribution is 5.99. The molecule has 10 heteroatoms. The van der Waals surface area contributed by atoms with Crippen molar-refractivity contribution in [3.05, 3.63) is 80.8 Å². The van der Waals surface area contributed by atoms with Gasteiger partial charge < -0.3 is 0 Å². The lowest BCUT2D eigenvalue weighted by Crippen LogP contribution is -2.42. The van der Waals surface area contributed by atoms with Crippen LogP contribution in [-0.2, 0) is 14.1 Å². The molecule has 1 aromatic carbocycles. The lowest BCUT2D eigenvalue weighted by atomic mass is 10.2. The van der Waals surface area contributed by atoms with Crippen molar-refractivity contribution in [2.45, 2.75) is 0 Å². The van der Waals surface area contributed by atoms with Crippen molar-refractivity contribution in [3.8, 4) is 0 Å². The molecule has 2 N–H and O–H groups in total. The molecule has 3 aromatic heterocycles. The minimum Gasteiger partial charge on any atom is -0.280 e. The van der Waals surface area contributed by atoms with Crippen LogP contribution in [0.2, 0.25) is 0 Å². The van der Waals surface area contributed by atoms with Gasteiger partial charge in [-0.3, -0.25) is 34.4 Å². The quantitative estimate of drug-likeness (QED) is 0.461. The molecule has 3 heterocycles. The van der Waals surface area contributed by atoms with Gasteiger partial charge in [0.05, 0.1) is 10.9 Å². The number of amides is 2. The minimum absolute atomic E-state index is 0.0678. The standard InChI is InChI=1S/C20H16N6O4/c1-25-16-12(19(29)26(2)20(25)30)8-10-15(22-16)18(28)24-23-17(27)14-9-7-11-5-3-4-6-13(11)21-14/h3-10H,1-2H3,(H,23,27)(H,24,28). The predicted octanol–water partition coefficient (Wildman–Crippen LogP) is 0.255. The number of hydrogen-bond donors (Lipinski definition) is 2. The summed E-state index contributed by atoms with van der Waals surface area (Å²) in [4.78, 5) is 57.3. The summed E-state index contributed by atoms with van der Waals surface area (Å²) < 4.78 is 2.13. The van der Waals surface area contributed by atoms with E-state index in [1.54, 1.807) is 18.2 Å². The highest BCUT2D eigenvalue weighted by Crippen LogP contribution is 2.11. The van der Waals surface area contributed by atoms with Gasteiger partial charge in [0.1, 0.15) is 17.0 Å². The Balaban J connectivity index is 1.56. The lowest BCUT2D eigenvalue weighted by Gasteiger charge is -2.09. The van der Waals surface area contributed by atoms with Crippen molar-refractivity contribution in [2.24, 2.45) is 14.1 Å². The van der Waals surface area contributed by atoms with Crippen LogP contribution in [0.15, 0.2) is 58.1 Å². The van der Waals surface area contributed by atoms with E-state index >= 15 is 0 Å². The van der Waals surface area contributed by atoms with Crippen LogP contribution in [0.25, 0.3) is 21.9 Å². The Kier molecular flexibility index (Phi) is 4.59. The largest absolute Gasteiger partial charge is 0.332 e. The van der Waals surface area contributed by atoms with Gasteiger partial charge in [-0.1, -0.05) is 24.3 Å². The van der Waals surface area contributed by atoms with Gasteiger partial charge in [-0.15, -0.1) is 0 Å². The third-order valence-corrected chi connectivity index (χ3v) is 4.65. The zero-order valence-corrected chi connectivity index (χ0v) is 16.0. The fourth-order valence-corrected chi connectivity index (χ4v) is 3.01. The number of rotatable bonds is 2. The van der Waals surface area contributed by atoms with Gasteiger partial charge >= 0.3 is 5.69 Å². The summed E-state index contributed by atoms with van der Waals surface area (Å²) in [5.41, 5.74) is 4.24. The molecule has 150 valence electrons. The Hall–Kier alpha value is -4.34. The predicted molar refractivity (Wildman–Crippen MR) is 109 cm³/mol. The molecule has 2 amide bonds. The smallest absolute Gasteiger partial charge is 0.280 e. The summed E-state index contributed by atoms with van der Waals surface area (Å²) in [6, 6.07) is 13.4. The summed E-state index contributed by atoms with van der Waals surface area (Å²) >= 11 is 0. The maximum absolute atomic E-state index is 12.4. The molecule has 4 rings (SSSR count). The monoisotopic (exact) mass is 404 g/mol. The van der Waals surface area contributed by atoms with Gasteiger partial charge in [0, 0.05) is 19.5 Å². The normalized spacial score (nSPS) is 10.9. The molecule has 30 heavy (non-hydrogen) atoms. The molecular formula is C20H16N6O4. The van der Waals surface area contributed by atoms with Gasteiger partial charge in [0.2, 0.25) is 0 Å². The van der Waals surface area contributed by atoms with Crippen LogP contribution in [0.1, 0.15) is 21.0 Å². The molecule has 0 unspecified atom stereocenters. The van der Waals surface area contributed by atoms with Crippen molar-refractivity contribution < 1.29 is 9.59 Å². The van der Waals surface area contributed by atoms with E-state index in [0.717, 1.165) is 9.95 Å². The van der Waals surface area contributed by atoms with E-state index in [1.807, 2.05) is 18.2 Å². The number of aromatic nitrogens is 4. The Labute approximate surface area is 168 Å². The number of nitrogens with one attached hydrogen (secondary N) is 2. The average molecular weight is 404 g/mol. The van der Waals surface area contributed by atoms with Crippen LogP contribution in [0.5, 0.6) is 0 Å². The highest BCUT2D eigenvalue weighted by Gasteiger charge is 2.15. The van der Waals surface area contributed by atoms with Crippen molar-refractivity contribution in [1.29, 1.82) is 0 Å². The lowest BCUT2D eigenvalue weighted by molar-refractivity contribution is 0.0841. The number of fused-ring (bicyclic) bond motifs is 2. The van der Waals surface area contributed by atoms with E-state index in [-0.39, 0.29) is 22.4 Å². The molecule has 0 atom stereocenters. The number of benzene rings is 1. The van der Waals surface area contributed by atoms with Gasteiger partial charge in [-0.2, -0.15) is 0 Å². The third kappa shape index (κ3) is 3.20. The van der Waals surface area contributed by atoms with Crippen molar-refractivity contribution in [1.82, 2.24) is 30.0 Å². The summed E-state index contributed by atoms with van der Waals surface area (Å²) in [5, 5.41) is 1.08. The topological polar surface area (TPSA) is 128 Å². The van der Waals surface area contributed by atoms with Crippen molar-refractivity contribution in [2.75, 3.05) is 0 Å². The van der Waals surface area contributed by atoms with Crippen LogP contribution in [0, 0.1) is 0 Å². The number of carbonyl (C=O) groups is 2.